The number of hydrogen-bond acceptors (Lipinski definition) is 4. The number of nitrogens with zero attached hydrogens (tertiary/aromatic N) is 1. The number of ether oxygens (including phenoxy) is 1. The van der Waals surface area contributed by atoms with Crippen LogP contribution in [0.4, 0.5) is 0 Å². The fourth-order valence-electron chi connectivity index (χ4n) is 3.81. The van der Waals surface area contributed by atoms with Gasteiger partial charge in [0.1, 0.15) is 0 Å². The van der Waals surface area contributed by atoms with Crippen molar-refractivity contribution in [1.82, 2.24) is 10.2 Å². The van der Waals surface area contributed by atoms with Crippen molar-refractivity contribution < 1.29 is 52.1 Å². The van der Waals surface area contributed by atoms with Crippen LogP contribution < -0.4 is 5.32 Å². The van der Waals surface area contributed by atoms with E-state index in [2.05, 4.69) is 11.4 Å². The normalized spacial score (nSPS) is 20.6. The second-order valence-corrected chi connectivity index (χ2v) is 7.21. The zero-order chi connectivity index (χ0) is 20.0. The van der Waals surface area contributed by atoms with Crippen molar-refractivity contribution in [1.29, 1.82) is 0 Å². The van der Waals surface area contributed by atoms with Crippen LogP contribution in [-0.2, 0) is 47.0 Å². The van der Waals surface area contributed by atoms with Gasteiger partial charge in [-0.25, -0.2) is 0 Å². The predicted molar refractivity (Wildman–Crippen MR) is 103 cm³/mol. The van der Waals surface area contributed by atoms with Crippen LogP contribution in [0.25, 0.3) is 0 Å². The van der Waals surface area contributed by atoms with Crippen molar-refractivity contribution in [2.24, 2.45) is 5.92 Å². The van der Waals surface area contributed by atoms with Gasteiger partial charge < -0.3 is 20.1 Å². The average Bonchev–Trinajstić information content (AvgIpc) is 3.17. The van der Waals surface area contributed by atoms with Gasteiger partial charge in [0.2, 0.25) is 11.8 Å². The SMILES string of the molecule is CCC(=O)N1CCC[C@H]1[C@H](OC)[C@@H](C)C(=O)N[C@H](C)C(O)c1cc[c-]cc1.[Y]. The van der Waals surface area contributed by atoms with E-state index in [0.717, 1.165) is 18.4 Å². The Morgan fingerprint density at radius 3 is 2.57 bits per heavy atom. The van der Waals surface area contributed by atoms with E-state index in [-0.39, 0.29) is 56.7 Å². The van der Waals surface area contributed by atoms with E-state index in [9.17, 15) is 14.7 Å². The van der Waals surface area contributed by atoms with Gasteiger partial charge in [-0.15, -0.1) is 5.56 Å². The number of hydrogen-bond donors (Lipinski definition) is 2. The summed E-state index contributed by atoms with van der Waals surface area (Å²) in [5.41, 5.74) is 0.730. The molecule has 1 aromatic rings. The molecule has 1 unspecified atom stereocenters. The van der Waals surface area contributed by atoms with E-state index in [4.69, 9.17) is 4.74 Å². The molecule has 0 spiro atoms. The Hall–Kier alpha value is -0.816. The summed E-state index contributed by atoms with van der Waals surface area (Å²) in [6, 6.07) is 9.40. The zero-order valence-electron chi connectivity index (χ0n) is 17.2. The number of benzene rings is 1. The van der Waals surface area contributed by atoms with Crippen LogP contribution >= 0.6 is 0 Å². The molecule has 1 heterocycles. The van der Waals surface area contributed by atoms with Crippen molar-refractivity contribution in [3.05, 3.63) is 35.9 Å². The van der Waals surface area contributed by atoms with E-state index < -0.39 is 18.1 Å². The number of carbonyl (C=O) groups excluding carboxylic acids is 2. The van der Waals surface area contributed by atoms with E-state index in [1.165, 1.54) is 0 Å². The molecule has 2 rings (SSSR count). The van der Waals surface area contributed by atoms with Gasteiger partial charge in [-0.2, -0.15) is 30.3 Å². The number of methoxy groups -OCH3 is 1. The molecule has 6 nitrogen and oxygen atoms in total. The topological polar surface area (TPSA) is 78.9 Å². The van der Waals surface area contributed by atoms with Gasteiger partial charge in [-0.1, -0.05) is 13.8 Å². The molecule has 0 aliphatic carbocycles. The number of likely N-dealkylation sites (tertiary alicyclic amines) is 1. The first-order chi connectivity index (χ1) is 12.9. The Labute approximate surface area is 193 Å². The van der Waals surface area contributed by atoms with Crippen molar-refractivity contribution in [3.8, 4) is 0 Å². The Balaban J connectivity index is 0.00000392. The van der Waals surface area contributed by atoms with Gasteiger partial charge in [0, 0.05) is 52.8 Å². The zero-order valence-corrected chi connectivity index (χ0v) is 20.1. The molecule has 1 fully saturated rings. The largest absolute Gasteiger partial charge is 0.388 e. The van der Waals surface area contributed by atoms with Crippen LogP contribution in [0, 0.1) is 12.0 Å². The molecule has 0 aromatic heterocycles. The summed E-state index contributed by atoms with van der Waals surface area (Å²) in [6.45, 7) is 6.15. The van der Waals surface area contributed by atoms with E-state index >= 15 is 0 Å². The Morgan fingerprint density at radius 1 is 1.36 bits per heavy atom. The quantitative estimate of drug-likeness (QED) is 0.578. The van der Waals surface area contributed by atoms with E-state index in [0.29, 0.717) is 13.0 Å². The number of aliphatic hydroxyl groups excluding tert-OH is 1. The van der Waals surface area contributed by atoms with Crippen LogP contribution in [0.3, 0.4) is 0 Å². The fourth-order valence-corrected chi connectivity index (χ4v) is 3.81. The first-order valence-corrected chi connectivity index (χ1v) is 9.67. The second kappa shape index (κ2) is 12.0. The minimum Gasteiger partial charge on any atom is -0.388 e. The standard InChI is InChI=1S/C21H31N2O4.Y/c1-5-18(24)23-13-9-12-17(23)20(27-4)14(2)21(26)22-15(3)19(25)16-10-7-6-8-11-16;/h7-8,10-11,14-15,17,19-20,25H,5,9,12-13H2,1-4H3,(H,22,26);/q-1;/t14-,15-,17+,19?,20-;/m1./s1. The van der Waals surface area contributed by atoms with Gasteiger partial charge in [-0.05, 0) is 19.8 Å². The Bertz CT molecular complexity index is 628. The third kappa shape index (κ3) is 6.09. The van der Waals surface area contributed by atoms with E-state index in [1.807, 2.05) is 18.7 Å². The summed E-state index contributed by atoms with van der Waals surface area (Å²) in [4.78, 5) is 26.8. The van der Waals surface area contributed by atoms with Crippen LogP contribution in [0.5, 0.6) is 0 Å². The molecule has 1 aliphatic heterocycles. The maximum absolute atomic E-state index is 12.8. The van der Waals surface area contributed by atoms with Gasteiger partial charge in [0.25, 0.3) is 0 Å². The molecule has 0 saturated carbocycles. The molecule has 28 heavy (non-hydrogen) atoms. The summed E-state index contributed by atoms with van der Waals surface area (Å²) in [6.07, 6.45) is 1.02. The molecule has 7 heteroatoms. The summed E-state index contributed by atoms with van der Waals surface area (Å²) in [5.74, 6) is -0.535. The third-order valence-corrected chi connectivity index (χ3v) is 5.41. The van der Waals surface area contributed by atoms with Crippen LogP contribution in [0.2, 0.25) is 0 Å². The van der Waals surface area contributed by atoms with Crippen LogP contribution in [0.15, 0.2) is 24.3 Å². The number of nitrogens with one attached hydrogen (secondary N) is 1. The van der Waals surface area contributed by atoms with Crippen molar-refractivity contribution in [2.45, 2.75) is 64.3 Å². The molecular weight excluding hydrogens is 433 g/mol. The number of aliphatic hydroxyl groups is 1. The number of carbonyl (C=O) groups is 2. The molecule has 1 aromatic carbocycles. The summed E-state index contributed by atoms with van der Waals surface area (Å²) in [7, 11) is 1.58. The Morgan fingerprint density at radius 2 is 2.00 bits per heavy atom. The van der Waals surface area contributed by atoms with Crippen molar-refractivity contribution in [2.75, 3.05) is 13.7 Å². The number of rotatable bonds is 8. The molecule has 2 N–H and O–H groups in total. The molecule has 1 radical (unpaired) electrons. The predicted octanol–water partition coefficient (Wildman–Crippen LogP) is 2.07. The van der Waals surface area contributed by atoms with Crippen LogP contribution in [0.1, 0.15) is 51.7 Å². The smallest absolute Gasteiger partial charge is 0.225 e. The van der Waals surface area contributed by atoms with Crippen molar-refractivity contribution in [3.63, 3.8) is 0 Å². The maximum Gasteiger partial charge on any atom is 0.225 e. The molecular formula is C21H31N2O4Y-. The monoisotopic (exact) mass is 464 g/mol. The molecule has 1 aliphatic rings. The third-order valence-electron chi connectivity index (χ3n) is 5.41. The minimum atomic E-state index is -0.804. The fraction of sp³-hybridized carbons (Fsp3) is 0.619. The number of amides is 2. The van der Waals surface area contributed by atoms with Gasteiger partial charge >= 0.3 is 0 Å². The summed E-state index contributed by atoms with van der Waals surface area (Å²) < 4.78 is 5.65. The van der Waals surface area contributed by atoms with Crippen LogP contribution in [-0.4, -0.2) is 53.7 Å². The van der Waals surface area contributed by atoms with Gasteiger partial charge in [0.15, 0.2) is 0 Å². The van der Waals surface area contributed by atoms with E-state index in [1.54, 1.807) is 38.3 Å². The first-order valence-electron chi connectivity index (χ1n) is 9.67. The summed E-state index contributed by atoms with van der Waals surface area (Å²) >= 11 is 0. The molecule has 153 valence electrons. The molecule has 1 saturated heterocycles. The first kappa shape index (κ1) is 25.2. The van der Waals surface area contributed by atoms with Crippen molar-refractivity contribution >= 4 is 11.8 Å². The second-order valence-electron chi connectivity index (χ2n) is 7.21. The average molecular weight is 464 g/mol. The van der Waals surface area contributed by atoms with Gasteiger partial charge in [0.05, 0.1) is 30.2 Å². The Kier molecular flexibility index (Phi) is 10.8. The minimum absolute atomic E-state index is 0. The molecule has 5 atom stereocenters. The maximum atomic E-state index is 12.8. The molecule has 0 bridgehead atoms. The molecule has 2 amide bonds. The van der Waals surface area contributed by atoms with Gasteiger partial charge in [-0.3, -0.25) is 9.59 Å². The summed E-state index contributed by atoms with van der Waals surface area (Å²) in [5, 5.41) is 13.4.